The molecule has 126 valence electrons. The molecule has 2 aromatic carbocycles. The highest BCUT2D eigenvalue weighted by Gasteiger charge is 2.38. The molecule has 0 bridgehead atoms. The molecule has 2 unspecified atom stereocenters. The molecule has 0 spiro atoms. The average molecular weight is 330 g/mol. The maximum atomic E-state index is 4.42. The van der Waals surface area contributed by atoms with Crippen molar-refractivity contribution in [2.24, 2.45) is 4.99 Å². The van der Waals surface area contributed by atoms with Gasteiger partial charge in [0.2, 0.25) is 0 Å². The van der Waals surface area contributed by atoms with Crippen molar-refractivity contribution in [2.75, 3.05) is 7.05 Å². The lowest BCUT2D eigenvalue weighted by molar-refractivity contribution is 0.791. The molecule has 1 aliphatic rings. The summed E-state index contributed by atoms with van der Waals surface area (Å²) in [7, 11) is 1.82. The maximum absolute atomic E-state index is 4.42. The van der Waals surface area contributed by atoms with Crippen LogP contribution in [-0.2, 0) is 6.54 Å². The van der Waals surface area contributed by atoms with E-state index in [0.29, 0.717) is 12.0 Å². The topological polar surface area (TPSA) is 49.3 Å². The van der Waals surface area contributed by atoms with Gasteiger partial charge in [0.15, 0.2) is 5.96 Å². The van der Waals surface area contributed by atoms with Crippen molar-refractivity contribution in [1.29, 1.82) is 0 Å². The molecule has 2 N–H and O–H groups in total. The summed E-state index contributed by atoms with van der Waals surface area (Å²) >= 11 is 0. The van der Waals surface area contributed by atoms with Crippen LogP contribution in [0.15, 0.2) is 71.9 Å². The number of hydrogen-bond acceptors (Lipinski definition) is 2. The van der Waals surface area contributed by atoms with Gasteiger partial charge in [0.1, 0.15) is 0 Å². The first-order valence-corrected chi connectivity index (χ1v) is 8.70. The molecule has 1 aromatic heterocycles. The minimum Gasteiger partial charge on any atom is -0.353 e. The average Bonchev–Trinajstić information content (AvgIpc) is 3.45. The molecule has 4 rings (SSSR count). The van der Waals surface area contributed by atoms with Gasteiger partial charge in [-0.25, -0.2) is 0 Å². The maximum Gasteiger partial charge on any atom is 0.191 e. The number of benzene rings is 2. The summed E-state index contributed by atoms with van der Waals surface area (Å²) in [5.74, 6) is 1.44. The Balaban J connectivity index is 1.39. The van der Waals surface area contributed by atoms with Gasteiger partial charge in [0.05, 0.1) is 5.52 Å². The van der Waals surface area contributed by atoms with E-state index in [2.05, 4.69) is 69.1 Å². The highest BCUT2D eigenvalue weighted by molar-refractivity contribution is 5.84. The molecule has 1 fully saturated rings. The Bertz CT molecular complexity index is 883. The van der Waals surface area contributed by atoms with Crippen molar-refractivity contribution in [3.63, 3.8) is 0 Å². The van der Waals surface area contributed by atoms with Gasteiger partial charge in [0.25, 0.3) is 0 Å². The van der Waals surface area contributed by atoms with Crippen molar-refractivity contribution in [1.82, 2.24) is 15.6 Å². The standard InChI is InChI=1S/C21H22N4/c1-22-21(25-20-13-18(20)15-7-3-2-4-8-15)24-14-16-11-12-23-19-10-6-5-9-17(16)19/h2-12,18,20H,13-14H2,1H3,(H2,22,24,25). The quantitative estimate of drug-likeness (QED) is 0.569. The fourth-order valence-electron chi connectivity index (χ4n) is 3.28. The minimum atomic E-state index is 0.461. The van der Waals surface area contributed by atoms with Crippen LogP contribution in [0.1, 0.15) is 23.5 Å². The van der Waals surface area contributed by atoms with Crippen molar-refractivity contribution >= 4 is 16.9 Å². The second-order valence-electron chi connectivity index (χ2n) is 6.42. The lowest BCUT2D eigenvalue weighted by Gasteiger charge is -2.13. The summed E-state index contributed by atoms with van der Waals surface area (Å²) in [6, 6.07) is 21.4. The van der Waals surface area contributed by atoms with Crippen LogP contribution in [0.3, 0.4) is 0 Å². The van der Waals surface area contributed by atoms with Gasteiger partial charge in [-0.1, -0.05) is 48.5 Å². The number of pyridine rings is 1. The van der Waals surface area contributed by atoms with E-state index in [4.69, 9.17) is 0 Å². The predicted molar refractivity (Wildman–Crippen MR) is 103 cm³/mol. The monoisotopic (exact) mass is 330 g/mol. The number of hydrogen-bond donors (Lipinski definition) is 2. The summed E-state index contributed by atoms with van der Waals surface area (Å²) < 4.78 is 0. The Morgan fingerprint density at radius 2 is 1.88 bits per heavy atom. The number of fused-ring (bicyclic) bond motifs is 1. The third-order valence-electron chi connectivity index (χ3n) is 4.75. The molecule has 0 saturated heterocycles. The molecule has 4 nitrogen and oxygen atoms in total. The van der Waals surface area contributed by atoms with Crippen molar-refractivity contribution < 1.29 is 0 Å². The highest BCUT2D eigenvalue weighted by Crippen LogP contribution is 2.40. The van der Waals surface area contributed by atoms with Gasteiger partial charge in [-0.15, -0.1) is 0 Å². The van der Waals surface area contributed by atoms with Gasteiger partial charge in [-0.05, 0) is 29.7 Å². The zero-order valence-corrected chi connectivity index (χ0v) is 14.3. The SMILES string of the molecule is CN=C(NCc1ccnc2ccccc12)NC1CC1c1ccccc1. The lowest BCUT2D eigenvalue weighted by Crippen LogP contribution is -2.38. The zero-order chi connectivity index (χ0) is 17.1. The van der Waals surface area contributed by atoms with Crippen molar-refractivity contribution in [3.8, 4) is 0 Å². The van der Waals surface area contributed by atoms with Crippen LogP contribution >= 0.6 is 0 Å². The summed E-state index contributed by atoms with van der Waals surface area (Å²) in [5, 5.41) is 8.15. The molecule has 0 radical (unpaired) electrons. The fourth-order valence-corrected chi connectivity index (χ4v) is 3.28. The van der Waals surface area contributed by atoms with E-state index in [0.717, 1.165) is 24.4 Å². The first kappa shape index (κ1) is 15.6. The molecule has 4 heteroatoms. The Morgan fingerprint density at radius 3 is 2.72 bits per heavy atom. The largest absolute Gasteiger partial charge is 0.353 e. The van der Waals surface area contributed by atoms with Crippen LogP contribution < -0.4 is 10.6 Å². The third-order valence-corrected chi connectivity index (χ3v) is 4.75. The van der Waals surface area contributed by atoms with Gasteiger partial charge in [0, 0.05) is 37.1 Å². The number of nitrogens with zero attached hydrogens (tertiary/aromatic N) is 2. The van der Waals surface area contributed by atoms with E-state index in [1.54, 1.807) is 0 Å². The van der Waals surface area contributed by atoms with Gasteiger partial charge >= 0.3 is 0 Å². The first-order valence-electron chi connectivity index (χ1n) is 8.70. The molecule has 3 aromatic rings. The number of guanidine groups is 1. The van der Waals surface area contributed by atoms with E-state index >= 15 is 0 Å². The van der Waals surface area contributed by atoms with Crippen LogP contribution in [0, 0.1) is 0 Å². The Kier molecular flexibility index (Phi) is 4.34. The number of nitrogens with one attached hydrogen (secondary N) is 2. The normalized spacial score (nSPS) is 19.6. The molecule has 1 heterocycles. The first-order chi connectivity index (χ1) is 12.3. The van der Waals surface area contributed by atoms with E-state index in [9.17, 15) is 0 Å². The van der Waals surface area contributed by atoms with E-state index < -0.39 is 0 Å². The molecule has 2 atom stereocenters. The second-order valence-corrected chi connectivity index (χ2v) is 6.42. The van der Waals surface area contributed by atoms with Crippen LogP contribution in [-0.4, -0.2) is 24.0 Å². The Labute approximate surface area is 148 Å². The summed E-state index contributed by atoms with van der Waals surface area (Å²) in [5.41, 5.74) is 3.65. The second kappa shape index (κ2) is 6.93. The smallest absolute Gasteiger partial charge is 0.191 e. The lowest BCUT2D eigenvalue weighted by atomic mass is 10.1. The summed E-state index contributed by atoms with van der Waals surface area (Å²) in [6.07, 6.45) is 3.02. The minimum absolute atomic E-state index is 0.461. The number of aliphatic imine (C=N–C) groups is 1. The molecule has 0 amide bonds. The van der Waals surface area contributed by atoms with Gasteiger partial charge < -0.3 is 10.6 Å². The molecule has 1 aliphatic carbocycles. The van der Waals surface area contributed by atoms with Gasteiger partial charge in [-0.3, -0.25) is 9.98 Å². The van der Waals surface area contributed by atoms with Crippen LogP contribution in [0.2, 0.25) is 0 Å². The molecular weight excluding hydrogens is 308 g/mol. The van der Waals surface area contributed by atoms with Crippen LogP contribution in [0.5, 0.6) is 0 Å². The Hall–Kier alpha value is -2.88. The Morgan fingerprint density at radius 1 is 1.08 bits per heavy atom. The summed E-state index contributed by atoms with van der Waals surface area (Å²) in [4.78, 5) is 8.79. The van der Waals surface area contributed by atoms with Gasteiger partial charge in [-0.2, -0.15) is 0 Å². The van der Waals surface area contributed by atoms with Crippen LogP contribution in [0.25, 0.3) is 10.9 Å². The van der Waals surface area contributed by atoms with E-state index in [1.807, 2.05) is 25.4 Å². The van der Waals surface area contributed by atoms with Crippen molar-refractivity contribution in [2.45, 2.75) is 24.9 Å². The fraction of sp³-hybridized carbons (Fsp3) is 0.238. The number of rotatable bonds is 4. The zero-order valence-electron chi connectivity index (χ0n) is 14.3. The number of para-hydroxylation sites is 1. The predicted octanol–water partition coefficient (Wildman–Crippen LogP) is 3.46. The highest BCUT2D eigenvalue weighted by atomic mass is 15.2. The molecule has 1 saturated carbocycles. The molecule has 25 heavy (non-hydrogen) atoms. The van der Waals surface area contributed by atoms with Crippen LogP contribution in [0.4, 0.5) is 0 Å². The van der Waals surface area contributed by atoms with Crippen molar-refractivity contribution in [3.05, 3.63) is 78.0 Å². The van der Waals surface area contributed by atoms with E-state index in [1.165, 1.54) is 16.5 Å². The molecular formula is C21H22N4. The third kappa shape index (κ3) is 3.48. The molecule has 0 aliphatic heterocycles. The summed E-state index contributed by atoms with van der Waals surface area (Å²) in [6.45, 7) is 0.728. The van der Waals surface area contributed by atoms with E-state index in [-0.39, 0.29) is 0 Å². The number of aromatic nitrogens is 1.